The van der Waals surface area contributed by atoms with Crippen molar-refractivity contribution in [2.75, 3.05) is 11.9 Å². The Hall–Kier alpha value is -3.14. The molecule has 2 heterocycles. The lowest BCUT2D eigenvalue weighted by Crippen LogP contribution is -2.31. The molecule has 1 aliphatic carbocycles. The predicted molar refractivity (Wildman–Crippen MR) is 107 cm³/mol. The van der Waals surface area contributed by atoms with Crippen LogP contribution < -0.4 is 21.1 Å². The van der Waals surface area contributed by atoms with Crippen molar-refractivity contribution in [3.05, 3.63) is 24.1 Å². The van der Waals surface area contributed by atoms with Crippen LogP contribution in [0.2, 0.25) is 0 Å². The molecule has 2 amide bonds. The monoisotopic (exact) mass is 401 g/mol. The van der Waals surface area contributed by atoms with Gasteiger partial charge < -0.3 is 26.1 Å². The lowest BCUT2D eigenvalue weighted by Gasteiger charge is -2.26. The van der Waals surface area contributed by atoms with Gasteiger partial charge in [-0.1, -0.05) is 0 Å². The summed E-state index contributed by atoms with van der Waals surface area (Å²) in [6, 6.07) is 2.83. The van der Waals surface area contributed by atoms with Gasteiger partial charge in [-0.3, -0.25) is 5.10 Å². The van der Waals surface area contributed by atoms with E-state index in [1.165, 1.54) is 12.3 Å². The van der Waals surface area contributed by atoms with Crippen molar-refractivity contribution in [3.8, 4) is 17.3 Å². The van der Waals surface area contributed by atoms with Gasteiger partial charge in [0.2, 0.25) is 0 Å². The molecule has 0 saturated heterocycles. The average Bonchev–Trinajstić information content (AvgIpc) is 3.17. The molecular formula is C19H24FN7O2. The number of ether oxygens (including phenoxy) is 1. The smallest absolute Gasteiger partial charge is 0.319 e. The fraction of sp³-hybridized carbons (Fsp3) is 0.421. The summed E-state index contributed by atoms with van der Waals surface area (Å²) in [6.45, 7) is 4.15. The fourth-order valence-corrected chi connectivity index (χ4v) is 3.04. The number of fused-ring (bicyclic) bond motifs is 1. The molecule has 9 nitrogen and oxygen atoms in total. The van der Waals surface area contributed by atoms with Gasteiger partial charge in [0.25, 0.3) is 0 Å². The molecule has 0 spiro atoms. The van der Waals surface area contributed by atoms with Gasteiger partial charge in [0.05, 0.1) is 22.9 Å². The minimum atomic E-state index is -0.599. The van der Waals surface area contributed by atoms with Crippen molar-refractivity contribution < 1.29 is 13.9 Å². The average molecular weight is 401 g/mol. The third-order valence-electron chi connectivity index (χ3n) is 4.71. The Morgan fingerprint density at radius 1 is 1.41 bits per heavy atom. The summed E-state index contributed by atoms with van der Waals surface area (Å²) in [5.74, 6) is 0.0438. The normalized spacial score (nSPS) is 14.2. The van der Waals surface area contributed by atoms with Gasteiger partial charge in [-0.2, -0.15) is 5.10 Å². The number of nitrogens with zero attached hydrogens (tertiary/aromatic N) is 2. The number of urea groups is 1. The second kappa shape index (κ2) is 7.36. The molecule has 0 aliphatic heterocycles. The third-order valence-corrected chi connectivity index (χ3v) is 4.71. The molecular weight excluding hydrogens is 377 g/mol. The van der Waals surface area contributed by atoms with Crippen LogP contribution in [0.15, 0.2) is 18.3 Å². The topological polar surface area (TPSA) is 134 Å². The molecule has 2 aromatic heterocycles. The number of hydrogen-bond donors (Lipinski definition) is 5. The summed E-state index contributed by atoms with van der Waals surface area (Å²) in [7, 11) is 0. The summed E-state index contributed by atoms with van der Waals surface area (Å²) in [4.78, 5) is 19.6. The maximum Gasteiger partial charge on any atom is 0.319 e. The molecule has 1 saturated carbocycles. The van der Waals surface area contributed by atoms with Crippen LogP contribution in [-0.2, 0) is 0 Å². The van der Waals surface area contributed by atoms with E-state index in [9.17, 15) is 9.18 Å². The molecule has 154 valence electrons. The molecule has 10 heteroatoms. The van der Waals surface area contributed by atoms with Crippen LogP contribution in [0.25, 0.3) is 22.6 Å². The Labute approximate surface area is 166 Å². The second-order valence-corrected chi connectivity index (χ2v) is 7.82. The van der Waals surface area contributed by atoms with Crippen LogP contribution in [0, 0.1) is 5.82 Å². The number of amides is 2. The molecule has 1 fully saturated rings. The molecule has 0 bridgehead atoms. The SMILES string of the molecule is CC(C)(CCN)Oc1cc2nc(-c3[nH]ncc3NC(=O)NC3CC3)[nH]c2cc1F. The van der Waals surface area contributed by atoms with E-state index in [0.29, 0.717) is 41.2 Å². The largest absolute Gasteiger partial charge is 0.485 e. The summed E-state index contributed by atoms with van der Waals surface area (Å²) < 4.78 is 20.3. The third kappa shape index (κ3) is 4.32. The first-order valence-corrected chi connectivity index (χ1v) is 9.54. The molecule has 1 aromatic carbocycles. The molecule has 1 aliphatic rings. The zero-order valence-electron chi connectivity index (χ0n) is 16.3. The van der Waals surface area contributed by atoms with E-state index in [2.05, 4.69) is 30.8 Å². The number of rotatable bonds is 7. The lowest BCUT2D eigenvalue weighted by molar-refractivity contribution is 0.0969. The number of carbonyl (C=O) groups is 1. The molecule has 0 atom stereocenters. The van der Waals surface area contributed by atoms with Gasteiger partial charge in [0, 0.05) is 18.2 Å². The molecule has 6 N–H and O–H groups in total. The van der Waals surface area contributed by atoms with E-state index < -0.39 is 11.4 Å². The first-order valence-electron chi connectivity index (χ1n) is 9.54. The van der Waals surface area contributed by atoms with Gasteiger partial charge >= 0.3 is 6.03 Å². The zero-order chi connectivity index (χ0) is 20.6. The van der Waals surface area contributed by atoms with Crippen molar-refractivity contribution in [2.45, 2.75) is 44.8 Å². The van der Waals surface area contributed by atoms with Crippen molar-refractivity contribution in [1.82, 2.24) is 25.5 Å². The Morgan fingerprint density at radius 3 is 2.93 bits per heavy atom. The number of nitrogens with one attached hydrogen (secondary N) is 4. The number of halogens is 1. The number of imidazole rings is 1. The molecule has 0 radical (unpaired) electrons. The van der Waals surface area contributed by atoms with Gasteiger partial charge in [0.1, 0.15) is 11.3 Å². The van der Waals surface area contributed by atoms with E-state index in [0.717, 1.165) is 12.8 Å². The van der Waals surface area contributed by atoms with E-state index in [1.807, 2.05) is 13.8 Å². The summed E-state index contributed by atoms with van der Waals surface area (Å²) in [6.07, 6.45) is 4.07. The van der Waals surface area contributed by atoms with E-state index in [1.54, 1.807) is 6.07 Å². The summed E-state index contributed by atoms with van der Waals surface area (Å²) in [5, 5.41) is 12.4. The maximum absolute atomic E-state index is 14.5. The molecule has 4 rings (SSSR count). The zero-order valence-corrected chi connectivity index (χ0v) is 16.3. The summed E-state index contributed by atoms with van der Waals surface area (Å²) >= 11 is 0. The fourth-order valence-electron chi connectivity index (χ4n) is 3.04. The van der Waals surface area contributed by atoms with Crippen LogP contribution in [0.3, 0.4) is 0 Å². The number of anilines is 1. The van der Waals surface area contributed by atoms with Crippen molar-refractivity contribution >= 4 is 22.8 Å². The van der Waals surface area contributed by atoms with E-state index >= 15 is 0 Å². The molecule has 0 unspecified atom stereocenters. The van der Waals surface area contributed by atoms with E-state index in [4.69, 9.17) is 10.5 Å². The lowest BCUT2D eigenvalue weighted by atomic mass is 10.1. The Bertz CT molecular complexity index is 1040. The number of aromatic nitrogens is 4. The van der Waals surface area contributed by atoms with Crippen molar-refractivity contribution in [1.29, 1.82) is 0 Å². The number of H-pyrrole nitrogens is 2. The number of carbonyl (C=O) groups excluding carboxylic acids is 1. The van der Waals surface area contributed by atoms with Gasteiger partial charge in [0.15, 0.2) is 17.4 Å². The highest BCUT2D eigenvalue weighted by atomic mass is 19.1. The highest BCUT2D eigenvalue weighted by molar-refractivity contribution is 5.93. The predicted octanol–water partition coefficient (Wildman–Crippen LogP) is 2.88. The minimum absolute atomic E-state index is 0.112. The minimum Gasteiger partial charge on any atom is -0.485 e. The standard InChI is InChI=1S/C19H24FN7O2/c1-19(2,5-6-21)29-15-8-13-12(7-11(15)20)24-17(25-13)16-14(9-22-27-16)26-18(28)23-10-3-4-10/h7-10H,3-6,21H2,1-2H3,(H,22,27)(H,24,25)(H2,23,26,28). The number of hydrogen-bond acceptors (Lipinski definition) is 5. The van der Waals surface area contributed by atoms with Crippen LogP contribution in [0.4, 0.5) is 14.9 Å². The van der Waals surface area contributed by atoms with Crippen molar-refractivity contribution in [2.24, 2.45) is 5.73 Å². The maximum atomic E-state index is 14.5. The van der Waals surface area contributed by atoms with E-state index in [-0.39, 0.29) is 17.8 Å². The Balaban J connectivity index is 1.59. The Morgan fingerprint density at radius 2 is 2.21 bits per heavy atom. The van der Waals surface area contributed by atoms with Crippen molar-refractivity contribution in [3.63, 3.8) is 0 Å². The van der Waals surface area contributed by atoms with Gasteiger partial charge in [-0.25, -0.2) is 14.2 Å². The highest BCUT2D eigenvalue weighted by Crippen LogP contribution is 2.31. The summed E-state index contributed by atoms with van der Waals surface area (Å²) in [5.41, 5.74) is 7.01. The van der Waals surface area contributed by atoms with Gasteiger partial charge in [-0.15, -0.1) is 0 Å². The molecule has 29 heavy (non-hydrogen) atoms. The number of benzene rings is 1. The van der Waals surface area contributed by atoms with Crippen LogP contribution in [0.5, 0.6) is 5.75 Å². The van der Waals surface area contributed by atoms with Crippen LogP contribution >= 0.6 is 0 Å². The second-order valence-electron chi connectivity index (χ2n) is 7.82. The van der Waals surface area contributed by atoms with Gasteiger partial charge in [-0.05, 0) is 39.7 Å². The first kappa shape index (κ1) is 19.2. The number of nitrogens with two attached hydrogens (primary N) is 1. The van der Waals surface area contributed by atoms with Crippen LogP contribution in [-0.4, -0.2) is 44.4 Å². The number of aromatic amines is 2. The van der Waals surface area contributed by atoms with Crippen LogP contribution in [0.1, 0.15) is 33.1 Å². The molecule has 3 aromatic rings. The Kier molecular flexibility index (Phi) is 4.87. The highest BCUT2D eigenvalue weighted by Gasteiger charge is 2.25. The first-order chi connectivity index (χ1) is 13.8. The quantitative estimate of drug-likeness (QED) is 0.415.